The van der Waals surface area contributed by atoms with Crippen molar-refractivity contribution in [2.45, 2.75) is 33.1 Å². The zero-order valence-electron chi connectivity index (χ0n) is 6.78. The van der Waals surface area contributed by atoms with Crippen molar-refractivity contribution in [3.63, 3.8) is 0 Å². The summed E-state index contributed by atoms with van der Waals surface area (Å²) in [5.41, 5.74) is 3.73. The molecule has 54 valence electrons. The first-order chi connectivity index (χ1) is 4.73. The molecule has 0 aromatic heterocycles. The summed E-state index contributed by atoms with van der Waals surface area (Å²) in [6, 6.07) is 0. The van der Waals surface area contributed by atoms with E-state index >= 15 is 0 Å². The Labute approximate surface area is 62.6 Å². The van der Waals surface area contributed by atoms with Gasteiger partial charge in [-0.05, 0) is 33.1 Å². The second-order valence-electron chi connectivity index (χ2n) is 3.75. The maximum Gasteiger partial charge on any atom is 0.0130 e. The molecule has 0 fully saturated rings. The third-order valence-corrected chi connectivity index (χ3v) is 2.94. The van der Waals surface area contributed by atoms with Gasteiger partial charge in [-0.25, -0.2) is 0 Å². The smallest absolute Gasteiger partial charge is 0.0130 e. The molecule has 0 aromatic rings. The van der Waals surface area contributed by atoms with E-state index in [0.717, 1.165) is 0 Å². The van der Waals surface area contributed by atoms with E-state index in [-0.39, 0.29) is 0 Å². The highest BCUT2D eigenvalue weighted by Gasteiger charge is 2.38. The highest BCUT2D eigenvalue weighted by molar-refractivity contribution is 5.36. The molecule has 0 saturated heterocycles. The third-order valence-electron chi connectivity index (χ3n) is 2.94. The van der Waals surface area contributed by atoms with Crippen LogP contribution in [-0.4, -0.2) is 0 Å². The Hall–Kier alpha value is -0.520. The first-order valence-electron chi connectivity index (χ1n) is 4.08. The lowest BCUT2D eigenvalue weighted by atomic mass is 9.68. The van der Waals surface area contributed by atoms with E-state index in [9.17, 15) is 0 Å². The highest BCUT2D eigenvalue weighted by Crippen LogP contribution is 2.51. The Balaban J connectivity index is 2.28. The van der Waals surface area contributed by atoms with Gasteiger partial charge < -0.3 is 0 Å². The Morgan fingerprint density at radius 2 is 2.10 bits per heavy atom. The molecule has 2 rings (SSSR count). The van der Waals surface area contributed by atoms with E-state index in [1.165, 1.54) is 19.3 Å². The van der Waals surface area contributed by atoms with Gasteiger partial charge in [0.25, 0.3) is 0 Å². The summed E-state index contributed by atoms with van der Waals surface area (Å²) in [6.45, 7) is 4.51. The largest absolute Gasteiger partial charge is 0.0847 e. The predicted molar refractivity (Wildman–Crippen MR) is 43.8 cm³/mol. The molecule has 1 unspecified atom stereocenters. The minimum atomic E-state index is 0.546. The van der Waals surface area contributed by atoms with Gasteiger partial charge in [-0.3, -0.25) is 0 Å². The van der Waals surface area contributed by atoms with Crippen molar-refractivity contribution in [1.29, 1.82) is 0 Å². The zero-order chi connectivity index (χ0) is 7.19. The van der Waals surface area contributed by atoms with Crippen molar-refractivity contribution >= 4 is 0 Å². The van der Waals surface area contributed by atoms with Gasteiger partial charge in [-0.1, -0.05) is 23.3 Å². The van der Waals surface area contributed by atoms with Crippen LogP contribution < -0.4 is 0 Å². The van der Waals surface area contributed by atoms with Gasteiger partial charge in [-0.15, -0.1) is 0 Å². The monoisotopic (exact) mass is 134 g/mol. The Kier molecular flexibility index (Phi) is 1.08. The van der Waals surface area contributed by atoms with Crippen LogP contribution in [0.3, 0.4) is 0 Å². The molecule has 0 nitrogen and oxygen atoms in total. The van der Waals surface area contributed by atoms with Crippen LogP contribution in [0.4, 0.5) is 0 Å². The first kappa shape index (κ1) is 6.21. The van der Waals surface area contributed by atoms with E-state index < -0.39 is 0 Å². The van der Waals surface area contributed by atoms with E-state index in [0.29, 0.717) is 5.41 Å². The molecule has 2 aliphatic carbocycles. The van der Waals surface area contributed by atoms with Crippen molar-refractivity contribution < 1.29 is 0 Å². The lowest BCUT2D eigenvalue weighted by Gasteiger charge is -2.37. The van der Waals surface area contributed by atoms with Crippen LogP contribution in [0.15, 0.2) is 23.3 Å². The molecule has 0 aromatic carbocycles. The SMILES string of the molecule is CC1=CC2(CCC=C2C)C1. The van der Waals surface area contributed by atoms with Crippen molar-refractivity contribution in [2.75, 3.05) is 0 Å². The van der Waals surface area contributed by atoms with Crippen LogP contribution in [0.5, 0.6) is 0 Å². The molecular weight excluding hydrogens is 120 g/mol. The molecule has 0 heterocycles. The number of rotatable bonds is 0. The van der Waals surface area contributed by atoms with Crippen LogP contribution in [-0.2, 0) is 0 Å². The minimum absolute atomic E-state index is 0.546. The minimum Gasteiger partial charge on any atom is -0.0847 e. The van der Waals surface area contributed by atoms with Gasteiger partial charge in [0.2, 0.25) is 0 Å². The summed E-state index contributed by atoms with van der Waals surface area (Å²) in [5.74, 6) is 0. The maximum absolute atomic E-state index is 2.45. The van der Waals surface area contributed by atoms with Gasteiger partial charge in [0.15, 0.2) is 0 Å². The molecule has 0 heteroatoms. The van der Waals surface area contributed by atoms with Gasteiger partial charge in [-0.2, -0.15) is 0 Å². The van der Waals surface area contributed by atoms with Gasteiger partial charge in [0, 0.05) is 5.41 Å². The Morgan fingerprint density at radius 3 is 2.50 bits per heavy atom. The van der Waals surface area contributed by atoms with Crippen LogP contribution in [0.25, 0.3) is 0 Å². The van der Waals surface area contributed by atoms with Crippen LogP contribution in [0.2, 0.25) is 0 Å². The second-order valence-corrected chi connectivity index (χ2v) is 3.75. The summed E-state index contributed by atoms with van der Waals surface area (Å²) in [6.07, 6.45) is 8.84. The van der Waals surface area contributed by atoms with Gasteiger partial charge in [0.05, 0.1) is 0 Å². The lowest BCUT2D eigenvalue weighted by Crippen LogP contribution is -2.24. The molecular formula is C10H14. The van der Waals surface area contributed by atoms with E-state index in [4.69, 9.17) is 0 Å². The normalized spacial score (nSPS) is 37.4. The summed E-state index contributed by atoms with van der Waals surface area (Å²) >= 11 is 0. The number of hydrogen-bond acceptors (Lipinski definition) is 0. The summed E-state index contributed by atoms with van der Waals surface area (Å²) in [4.78, 5) is 0. The van der Waals surface area contributed by atoms with Gasteiger partial charge >= 0.3 is 0 Å². The van der Waals surface area contributed by atoms with Crippen LogP contribution in [0.1, 0.15) is 33.1 Å². The fourth-order valence-electron chi connectivity index (χ4n) is 2.30. The molecule has 1 atom stereocenters. The summed E-state index contributed by atoms with van der Waals surface area (Å²) in [7, 11) is 0. The molecule has 1 spiro atoms. The standard InChI is InChI=1S/C10H14/c1-8-6-10(7-8)5-3-4-9(10)2/h4,6H,3,5,7H2,1-2H3. The fraction of sp³-hybridized carbons (Fsp3) is 0.600. The average Bonchev–Trinajstić information content (AvgIpc) is 2.12. The number of allylic oxidation sites excluding steroid dienone is 4. The summed E-state index contributed by atoms with van der Waals surface area (Å²) in [5, 5.41) is 0. The maximum atomic E-state index is 2.45. The van der Waals surface area contributed by atoms with Crippen molar-refractivity contribution in [1.82, 2.24) is 0 Å². The molecule has 0 amide bonds. The Bertz CT molecular complexity index is 220. The number of hydrogen-bond donors (Lipinski definition) is 0. The predicted octanol–water partition coefficient (Wildman–Crippen LogP) is 3.06. The van der Waals surface area contributed by atoms with Crippen LogP contribution >= 0.6 is 0 Å². The topological polar surface area (TPSA) is 0 Å². The van der Waals surface area contributed by atoms with E-state index in [2.05, 4.69) is 26.0 Å². The molecule has 10 heavy (non-hydrogen) atoms. The van der Waals surface area contributed by atoms with Crippen molar-refractivity contribution in [3.8, 4) is 0 Å². The molecule has 0 radical (unpaired) electrons. The van der Waals surface area contributed by atoms with Crippen molar-refractivity contribution in [2.24, 2.45) is 5.41 Å². The molecule has 0 saturated carbocycles. The summed E-state index contributed by atoms with van der Waals surface area (Å²) < 4.78 is 0. The van der Waals surface area contributed by atoms with Gasteiger partial charge in [0.1, 0.15) is 0 Å². The molecule has 0 N–H and O–H groups in total. The molecule has 2 aliphatic rings. The fourth-order valence-corrected chi connectivity index (χ4v) is 2.30. The molecule has 0 bridgehead atoms. The lowest BCUT2D eigenvalue weighted by molar-refractivity contribution is 0.400. The van der Waals surface area contributed by atoms with E-state index in [1.807, 2.05) is 0 Å². The average molecular weight is 134 g/mol. The quantitative estimate of drug-likeness (QED) is 0.447. The van der Waals surface area contributed by atoms with Crippen molar-refractivity contribution in [3.05, 3.63) is 23.3 Å². The molecule has 0 aliphatic heterocycles. The zero-order valence-corrected chi connectivity index (χ0v) is 6.78. The van der Waals surface area contributed by atoms with Crippen LogP contribution in [0, 0.1) is 5.41 Å². The van der Waals surface area contributed by atoms with E-state index in [1.54, 1.807) is 11.1 Å². The Morgan fingerprint density at radius 1 is 1.40 bits per heavy atom. The third kappa shape index (κ3) is 0.622. The first-order valence-corrected chi connectivity index (χ1v) is 4.08. The highest BCUT2D eigenvalue weighted by atomic mass is 14.4. The second kappa shape index (κ2) is 1.75.